The van der Waals surface area contributed by atoms with Crippen LogP contribution in [-0.2, 0) is 0 Å². The van der Waals surface area contributed by atoms with Crippen LogP contribution in [-0.4, -0.2) is 22.5 Å². The van der Waals surface area contributed by atoms with Crippen molar-refractivity contribution in [1.82, 2.24) is 0 Å². The third-order valence-electron chi connectivity index (χ3n) is 6.94. The second kappa shape index (κ2) is 7.38. The van der Waals surface area contributed by atoms with Crippen molar-refractivity contribution in [2.24, 2.45) is 17.8 Å². The average Bonchev–Trinajstić information content (AvgIpc) is 2.56. The van der Waals surface area contributed by atoms with E-state index in [2.05, 4.69) is 0 Å². The Kier molecular flexibility index (Phi) is 5.78. The summed E-state index contributed by atoms with van der Waals surface area (Å²) in [6.07, 6.45) is 23.4. The first kappa shape index (κ1) is 15.7. The van der Waals surface area contributed by atoms with Crippen LogP contribution in [0.1, 0.15) is 96.3 Å². The number of hydrogen-bond donors (Lipinski definition) is 0. The Bertz CT molecular complexity index is 235. The average molecular weight is 381 g/mol. The molecule has 0 aromatic carbocycles. The van der Waals surface area contributed by atoms with Crippen LogP contribution >= 0.6 is 0 Å². The van der Waals surface area contributed by atoms with Gasteiger partial charge < -0.3 is 0 Å². The standard InChI is InChI=1S/C19H33.Sn.H/c1-4-10-16(11-5-1)19(17-12-6-2-7-13-17)18-14-8-3-9-15-18;;/h16-18H,1-15H2;;. The van der Waals surface area contributed by atoms with Gasteiger partial charge in [0.05, 0.1) is 0 Å². The van der Waals surface area contributed by atoms with E-state index in [1.165, 1.54) is 19.3 Å². The summed E-state index contributed by atoms with van der Waals surface area (Å²) >= 11 is 1.57. The predicted octanol–water partition coefficient (Wildman–Crippen LogP) is 5.79. The van der Waals surface area contributed by atoms with Crippen LogP contribution < -0.4 is 0 Å². The molecule has 0 nitrogen and oxygen atoms in total. The molecule has 0 saturated heterocycles. The molecule has 3 aliphatic rings. The van der Waals surface area contributed by atoms with Crippen LogP contribution in [0.5, 0.6) is 0 Å². The Labute approximate surface area is 139 Å². The van der Waals surface area contributed by atoms with Crippen molar-refractivity contribution in [3.05, 3.63) is 0 Å². The molecule has 0 aliphatic heterocycles. The van der Waals surface area contributed by atoms with Gasteiger partial charge in [-0.3, -0.25) is 0 Å². The van der Waals surface area contributed by atoms with Gasteiger partial charge >= 0.3 is 140 Å². The first-order valence-electron chi connectivity index (χ1n) is 9.60. The van der Waals surface area contributed by atoms with E-state index in [0.29, 0.717) is 0 Å². The van der Waals surface area contributed by atoms with Crippen LogP contribution in [0, 0.1) is 17.8 Å². The van der Waals surface area contributed by atoms with Crippen molar-refractivity contribution in [1.29, 1.82) is 0 Å². The molecule has 2 radical (unpaired) electrons. The molecule has 0 aromatic heterocycles. The van der Waals surface area contributed by atoms with Gasteiger partial charge in [-0.05, 0) is 0 Å². The molecule has 0 N–H and O–H groups in total. The van der Waals surface area contributed by atoms with Gasteiger partial charge in [-0.1, -0.05) is 0 Å². The third kappa shape index (κ3) is 3.25. The maximum atomic E-state index is 1.59. The first-order chi connectivity index (χ1) is 9.82. The Hall–Kier alpha value is 0.799. The molecule has 1 heteroatoms. The summed E-state index contributed by atoms with van der Waals surface area (Å²) in [5, 5.41) is 0. The summed E-state index contributed by atoms with van der Waals surface area (Å²) in [7, 11) is 0. The summed E-state index contributed by atoms with van der Waals surface area (Å²) in [5.41, 5.74) is 0. The Morgan fingerprint density at radius 1 is 0.450 bits per heavy atom. The zero-order chi connectivity index (χ0) is 13.8. The summed E-state index contributed by atoms with van der Waals surface area (Å²) in [6.45, 7) is 0. The zero-order valence-electron chi connectivity index (χ0n) is 13.4. The van der Waals surface area contributed by atoms with Crippen molar-refractivity contribution in [2.45, 2.75) is 99.7 Å². The van der Waals surface area contributed by atoms with E-state index in [9.17, 15) is 0 Å². The van der Waals surface area contributed by atoms with Gasteiger partial charge in [0.15, 0.2) is 0 Å². The molecule has 3 fully saturated rings. The Morgan fingerprint density at radius 3 is 0.950 bits per heavy atom. The number of rotatable bonds is 3. The Morgan fingerprint density at radius 2 is 0.700 bits per heavy atom. The fraction of sp³-hybridized carbons (Fsp3) is 1.00. The molecule has 3 saturated carbocycles. The van der Waals surface area contributed by atoms with Crippen LogP contribution in [0.3, 0.4) is 0 Å². The molecule has 0 unspecified atom stereocenters. The van der Waals surface area contributed by atoms with E-state index >= 15 is 0 Å². The molecule has 114 valence electrons. The van der Waals surface area contributed by atoms with E-state index < -0.39 is 0 Å². The van der Waals surface area contributed by atoms with Crippen molar-refractivity contribution < 1.29 is 0 Å². The molecule has 3 aliphatic carbocycles. The summed E-state index contributed by atoms with van der Waals surface area (Å²) in [5.74, 6) is 3.39. The second-order valence-electron chi connectivity index (χ2n) is 8.00. The van der Waals surface area contributed by atoms with Crippen LogP contribution in [0.15, 0.2) is 0 Å². The molecule has 0 atom stereocenters. The SMILES string of the molecule is [SnH][C](C1CCCCC1)(C1CCCCC1)C1CCCCC1. The van der Waals surface area contributed by atoms with Crippen molar-refractivity contribution in [3.63, 3.8) is 0 Å². The third-order valence-corrected chi connectivity index (χ3v) is 11.0. The number of hydrogen-bond acceptors (Lipinski definition) is 0. The van der Waals surface area contributed by atoms with E-state index in [1.807, 2.05) is 0 Å². The van der Waals surface area contributed by atoms with Gasteiger partial charge in [0.2, 0.25) is 0 Å². The topological polar surface area (TPSA) is 0 Å². The molecular weight excluding hydrogens is 347 g/mol. The fourth-order valence-electron chi connectivity index (χ4n) is 5.81. The van der Waals surface area contributed by atoms with Crippen molar-refractivity contribution in [3.8, 4) is 0 Å². The Balaban J connectivity index is 1.79. The van der Waals surface area contributed by atoms with Gasteiger partial charge in [-0.2, -0.15) is 0 Å². The summed E-state index contributed by atoms with van der Waals surface area (Å²) in [4.78, 5) is 0. The quantitative estimate of drug-likeness (QED) is 0.543. The summed E-state index contributed by atoms with van der Waals surface area (Å²) in [6, 6.07) is 0. The minimum atomic E-state index is 0.840. The van der Waals surface area contributed by atoms with E-state index in [0.717, 1.165) is 21.2 Å². The molecule has 0 bridgehead atoms. The molecule has 20 heavy (non-hydrogen) atoms. The molecule has 0 aromatic rings. The fourth-order valence-corrected chi connectivity index (χ4v) is 8.66. The van der Waals surface area contributed by atoms with Crippen LogP contribution in [0.25, 0.3) is 0 Å². The monoisotopic (exact) mass is 382 g/mol. The van der Waals surface area contributed by atoms with Gasteiger partial charge in [0.25, 0.3) is 0 Å². The predicted molar refractivity (Wildman–Crippen MR) is 89.6 cm³/mol. The van der Waals surface area contributed by atoms with Crippen LogP contribution in [0.4, 0.5) is 0 Å². The summed E-state index contributed by atoms with van der Waals surface area (Å²) < 4.78 is 0.840. The zero-order valence-corrected chi connectivity index (χ0v) is 16.7. The molecule has 3 rings (SSSR count). The van der Waals surface area contributed by atoms with E-state index in [1.54, 1.807) is 99.6 Å². The van der Waals surface area contributed by atoms with Gasteiger partial charge in [0.1, 0.15) is 0 Å². The van der Waals surface area contributed by atoms with Crippen molar-refractivity contribution >= 4 is 22.5 Å². The molecule has 0 heterocycles. The molecule has 0 amide bonds. The second-order valence-corrected chi connectivity index (χ2v) is 10.9. The molecular formula is C19H34Sn. The minimum absolute atomic E-state index is 0.840. The van der Waals surface area contributed by atoms with Crippen molar-refractivity contribution in [2.75, 3.05) is 0 Å². The molecule has 0 spiro atoms. The van der Waals surface area contributed by atoms with E-state index in [4.69, 9.17) is 0 Å². The maximum absolute atomic E-state index is 1.59. The van der Waals surface area contributed by atoms with Gasteiger partial charge in [0, 0.05) is 0 Å². The van der Waals surface area contributed by atoms with Gasteiger partial charge in [-0.15, -0.1) is 0 Å². The normalized spacial score (nSPS) is 28.6. The van der Waals surface area contributed by atoms with Crippen LogP contribution in [0.2, 0.25) is 3.43 Å². The van der Waals surface area contributed by atoms with Gasteiger partial charge in [-0.25, -0.2) is 0 Å². The first-order valence-corrected chi connectivity index (χ1v) is 11.3. The van der Waals surface area contributed by atoms with E-state index in [-0.39, 0.29) is 0 Å².